The maximum atomic E-state index is 12.3. The molecule has 118 valence electrons. The van der Waals surface area contributed by atoms with Crippen molar-refractivity contribution >= 4 is 18.5 Å². The lowest BCUT2D eigenvalue weighted by Crippen LogP contribution is -2.41. The van der Waals surface area contributed by atoms with Crippen molar-refractivity contribution in [1.82, 2.24) is 4.90 Å². The van der Waals surface area contributed by atoms with Gasteiger partial charge in [-0.1, -0.05) is 19.1 Å². The third-order valence-electron chi connectivity index (χ3n) is 5.03. The first-order chi connectivity index (χ1) is 10.2. The Morgan fingerprint density at radius 3 is 2.41 bits per heavy atom. The molecule has 2 heterocycles. The monoisotopic (exact) mass is 301 g/mol. The van der Waals surface area contributed by atoms with Gasteiger partial charge in [0, 0.05) is 18.7 Å². The summed E-state index contributed by atoms with van der Waals surface area (Å²) in [6.45, 7) is 11.8. The molecule has 1 aromatic rings. The van der Waals surface area contributed by atoms with Gasteiger partial charge in [-0.3, -0.25) is 4.79 Å². The van der Waals surface area contributed by atoms with Crippen LogP contribution in [0.3, 0.4) is 0 Å². The molecule has 1 amide bonds. The number of carbonyl (C=O) groups is 1. The van der Waals surface area contributed by atoms with Crippen molar-refractivity contribution in [1.29, 1.82) is 0 Å². The van der Waals surface area contributed by atoms with Gasteiger partial charge in [-0.05, 0) is 51.2 Å². The highest BCUT2D eigenvalue weighted by Crippen LogP contribution is 2.36. The zero-order valence-electron chi connectivity index (χ0n) is 14.1. The van der Waals surface area contributed by atoms with Gasteiger partial charge >= 0.3 is 7.12 Å². The molecule has 0 spiro atoms. The molecule has 2 aliphatic rings. The van der Waals surface area contributed by atoms with E-state index in [1.165, 1.54) is 0 Å². The first-order valence-electron chi connectivity index (χ1n) is 8.03. The van der Waals surface area contributed by atoms with Crippen molar-refractivity contribution in [3.8, 4) is 0 Å². The molecule has 22 heavy (non-hydrogen) atoms. The average molecular weight is 301 g/mol. The molecule has 0 saturated carbocycles. The summed E-state index contributed by atoms with van der Waals surface area (Å²) in [6.07, 6.45) is 0.976. The third-order valence-corrected chi connectivity index (χ3v) is 5.03. The van der Waals surface area contributed by atoms with E-state index in [0.29, 0.717) is 6.54 Å². The van der Waals surface area contributed by atoms with E-state index in [1.807, 2.05) is 44.7 Å². The maximum Gasteiger partial charge on any atom is 0.494 e. The molecule has 1 fully saturated rings. The third kappa shape index (κ3) is 2.36. The lowest BCUT2D eigenvalue weighted by molar-refractivity contribution is 0.00578. The highest BCUT2D eigenvalue weighted by Gasteiger charge is 2.51. The van der Waals surface area contributed by atoms with E-state index in [4.69, 9.17) is 9.31 Å². The molecule has 1 saturated heterocycles. The van der Waals surface area contributed by atoms with Gasteiger partial charge in [0.15, 0.2) is 0 Å². The first-order valence-corrected chi connectivity index (χ1v) is 8.03. The van der Waals surface area contributed by atoms with Gasteiger partial charge in [0.2, 0.25) is 0 Å². The number of nitrogens with zero attached hydrogens (tertiary/aromatic N) is 1. The fourth-order valence-electron chi connectivity index (χ4n) is 2.98. The summed E-state index contributed by atoms with van der Waals surface area (Å²) in [5.74, 6) is 0.136. The summed E-state index contributed by atoms with van der Waals surface area (Å²) in [5, 5.41) is 0. The Morgan fingerprint density at radius 2 is 1.82 bits per heavy atom. The minimum atomic E-state index is -0.370. The molecule has 2 aliphatic heterocycles. The van der Waals surface area contributed by atoms with E-state index in [-0.39, 0.29) is 24.2 Å². The Kier molecular flexibility index (Phi) is 3.61. The van der Waals surface area contributed by atoms with Crippen molar-refractivity contribution in [2.75, 3.05) is 6.54 Å². The minimum absolute atomic E-state index is 0.136. The molecular weight excluding hydrogens is 277 g/mol. The van der Waals surface area contributed by atoms with Crippen LogP contribution in [-0.4, -0.2) is 35.7 Å². The van der Waals surface area contributed by atoms with Crippen LogP contribution >= 0.6 is 0 Å². The number of hydrogen-bond acceptors (Lipinski definition) is 3. The van der Waals surface area contributed by atoms with E-state index >= 15 is 0 Å². The molecule has 0 N–H and O–H groups in total. The summed E-state index contributed by atoms with van der Waals surface area (Å²) < 4.78 is 12.2. The molecule has 4 nitrogen and oxygen atoms in total. The second-order valence-corrected chi connectivity index (χ2v) is 7.23. The Hall–Kier alpha value is -1.33. The van der Waals surface area contributed by atoms with Gasteiger partial charge in [-0.15, -0.1) is 0 Å². The molecule has 3 rings (SSSR count). The maximum absolute atomic E-state index is 12.3. The van der Waals surface area contributed by atoms with E-state index in [1.54, 1.807) is 0 Å². The van der Waals surface area contributed by atoms with Crippen LogP contribution in [0.25, 0.3) is 0 Å². The highest BCUT2D eigenvalue weighted by molar-refractivity contribution is 6.62. The van der Waals surface area contributed by atoms with Gasteiger partial charge in [0.1, 0.15) is 0 Å². The first kappa shape index (κ1) is 15.6. The summed E-state index contributed by atoms with van der Waals surface area (Å²) in [5.41, 5.74) is 2.18. The Balaban J connectivity index is 1.85. The summed E-state index contributed by atoms with van der Waals surface area (Å²) >= 11 is 0. The molecule has 0 radical (unpaired) electrons. The van der Waals surface area contributed by atoms with Crippen molar-refractivity contribution < 1.29 is 14.1 Å². The lowest BCUT2D eigenvalue weighted by Gasteiger charge is -2.32. The van der Waals surface area contributed by atoms with Crippen LogP contribution in [0.4, 0.5) is 0 Å². The number of hydrogen-bond donors (Lipinski definition) is 0. The fourth-order valence-corrected chi connectivity index (χ4v) is 2.98. The predicted molar refractivity (Wildman–Crippen MR) is 87.2 cm³/mol. The van der Waals surface area contributed by atoms with Crippen molar-refractivity contribution in [3.05, 3.63) is 29.3 Å². The Morgan fingerprint density at radius 1 is 1.18 bits per heavy atom. The van der Waals surface area contributed by atoms with Crippen LogP contribution in [0.2, 0.25) is 0 Å². The molecule has 0 atom stereocenters. The fraction of sp³-hybridized carbons (Fsp3) is 0.588. The van der Waals surface area contributed by atoms with Gasteiger partial charge < -0.3 is 14.2 Å². The van der Waals surface area contributed by atoms with Crippen LogP contribution in [0.15, 0.2) is 18.2 Å². The summed E-state index contributed by atoms with van der Waals surface area (Å²) in [7, 11) is -0.370. The molecule has 5 heteroatoms. The molecule has 0 bridgehead atoms. The number of amides is 1. The van der Waals surface area contributed by atoms with Crippen LogP contribution < -0.4 is 5.46 Å². The van der Waals surface area contributed by atoms with E-state index in [2.05, 4.69) is 13.0 Å². The van der Waals surface area contributed by atoms with Crippen LogP contribution in [0, 0.1) is 0 Å². The summed E-state index contributed by atoms with van der Waals surface area (Å²) in [6, 6.07) is 5.92. The second-order valence-electron chi connectivity index (χ2n) is 7.23. The molecule has 1 aromatic carbocycles. The van der Waals surface area contributed by atoms with Gasteiger partial charge in [0.05, 0.1) is 11.2 Å². The normalized spacial score (nSPS) is 22.3. The zero-order valence-corrected chi connectivity index (χ0v) is 14.1. The van der Waals surface area contributed by atoms with Crippen molar-refractivity contribution in [2.24, 2.45) is 0 Å². The smallest absolute Gasteiger partial charge is 0.399 e. The largest absolute Gasteiger partial charge is 0.494 e. The van der Waals surface area contributed by atoms with Crippen molar-refractivity contribution in [3.63, 3.8) is 0 Å². The number of benzene rings is 1. The molecule has 0 aromatic heterocycles. The molecule has 0 aliphatic carbocycles. The van der Waals surface area contributed by atoms with Crippen LogP contribution in [0.1, 0.15) is 57.0 Å². The van der Waals surface area contributed by atoms with Gasteiger partial charge in [-0.25, -0.2) is 0 Å². The van der Waals surface area contributed by atoms with E-state index in [9.17, 15) is 4.79 Å². The lowest BCUT2D eigenvalue weighted by atomic mass is 9.78. The standard InChI is InChI=1S/C17H24BNO3/c1-6-9-19-11-12-10-13(7-8-14(12)15(19)20)18-21-16(2,3)17(4,5)22-18/h7-8,10H,6,9,11H2,1-5H3. The number of rotatable bonds is 3. The SMILES string of the molecule is CCCN1Cc2cc(B3OC(C)(C)C(C)(C)O3)ccc2C1=O. The van der Waals surface area contributed by atoms with E-state index < -0.39 is 0 Å². The van der Waals surface area contributed by atoms with E-state index in [0.717, 1.165) is 29.6 Å². The minimum Gasteiger partial charge on any atom is -0.399 e. The summed E-state index contributed by atoms with van der Waals surface area (Å²) in [4.78, 5) is 14.2. The topological polar surface area (TPSA) is 38.8 Å². The number of fused-ring (bicyclic) bond motifs is 1. The van der Waals surface area contributed by atoms with Crippen LogP contribution in [0.5, 0.6) is 0 Å². The highest BCUT2D eigenvalue weighted by atomic mass is 16.7. The molecular formula is C17H24BNO3. The average Bonchev–Trinajstić information content (AvgIpc) is 2.85. The van der Waals surface area contributed by atoms with Gasteiger partial charge in [-0.2, -0.15) is 0 Å². The number of carbonyl (C=O) groups excluding carboxylic acids is 1. The zero-order chi connectivity index (χ0) is 16.1. The Bertz CT molecular complexity index is 596. The molecule has 0 unspecified atom stereocenters. The van der Waals surface area contributed by atoms with Gasteiger partial charge in [0.25, 0.3) is 5.91 Å². The quantitative estimate of drug-likeness (QED) is 0.805. The predicted octanol–water partition coefficient (Wildman–Crippen LogP) is 2.35. The van der Waals surface area contributed by atoms with Crippen LogP contribution in [-0.2, 0) is 15.9 Å². The second kappa shape index (κ2) is 5.10. The Labute approximate surface area is 132 Å². The van der Waals surface area contributed by atoms with Crippen molar-refractivity contribution in [2.45, 2.75) is 58.8 Å².